The summed E-state index contributed by atoms with van der Waals surface area (Å²) in [6.07, 6.45) is 0.846. The van der Waals surface area contributed by atoms with E-state index in [1.807, 2.05) is 17.0 Å². The SMILES string of the molecule is CC(=O)N(CC(=O)N1CCc2ccccc2C1)c1cccc(Cl)c1. The number of rotatable bonds is 3. The van der Waals surface area contributed by atoms with Crippen molar-refractivity contribution in [2.75, 3.05) is 18.0 Å². The number of amides is 2. The van der Waals surface area contributed by atoms with E-state index in [2.05, 4.69) is 12.1 Å². The van der Waals surface area contributed by atoms with E-state index in [9.17, 15) is 9.59 Å². The molecule has 124 valence electrons. The Morgan fingerprint density at radius 3 is 2.58 bits per heavy atom. The van der Waals surface area contributed by atoms with E-state index in [-0.39, 0.29) is 18.4 Å². The summed E-state index contributed by atoms with van der Waals surface area (Å²) in [7, 11) is 0. The monoisotopic (exact) mass is 342 g/mol. The maximum atomic E-state index is 12.7. The first kappa shape index (κ1) is 16.5. The summed E-state index contributed by atoms with van der Waals surface area (Å²) < 4.78 is 0. The molecule has 4 nitrogen and oxygen atoms in total. The Kier molecular flexibility index (Phi) is 4.86. The van der Waals surface area contributed by atoms with Crippen LogP contribution in [0.15, 0.2) is 48.5 Å². The Bertz CT molecular complexity index is 775. The summed E-state index contributed by atoms with van der Waals surface area (Å²) >= 11 is 6.00. The van der Waals surface area contributed by atoms with Gasteiger partial charge in [-0.2, -0.15) is 0 Å². The second-order valence-electron chi connectivity index (χ2n) is 5.92. The van der Waals surface area contributed by atoms with Crippen molar-refractivity contribution in [3.05, 3.63) is 64.7 Å². The van der Waals surface area contributed by atoms with Crippen LogP contribution in [-0.2, 0) is 22.6 Å². The molecule has 5 heteroatoms. The molecule has 0 fully saturated rings. The van der Waals surface area contributed by atoms with Gasteiger partial charge in [-0.1, -0.05) is 41.9 Å². The van der Waals surface area contributed by atoms with Crippen LogP contribution in [-0.4, -0.2) is 29.8 Å². The van der Waals surface area contributed by atoms with Gasteiger partial charge in [0, 0.05) is 30.7 Å². The van der Waals surface area contributed by atoms with Crippen molar-refractivity contribution >= 4 is 29.1 Å². The highest BCUT2D eigenvalue weighted by molar-refractivity contribution is 6.30. The van der Waals surface area contributed by atoms with Gasteiger partial charge in [0.15, 0.2) is 0 Å². The van der Waals surface area contributed by atoms with Crippen molar-refractivity contribution < 1.29 is 9.59 Å². The number of hydrogen-bond acceptors (Lipinski definition) is 2. The Hall–Kier alpha value is -2.33. The molecule has 3 rings (SSSR count). The molecule has 1 aliphatic rings. The molecular weight excluding hydrogens is 324 g/mol. The molecule has 0 N–H and O–H groups in total. The summed E-state index contributed by atoms with van der Waals surface area (Å²) in [5.74, 6) is -0.234. The molecule has 0 aromatic heterocycles. The third-order valence-electron chi connectivity index (χ3n) is 4.28. The minimum atomic E-state index is -0.178. The highest BCUT2D eigenvalue weighted by Crippen LogP contribution is 2.22. The number of anilines is 1. The normalized spacial score (nSPS) is 13.3. The average molecular weight is 343 g/mol. The minimum absolute atomic E-state index is 0.0256. The van der Waals surface area contributed by atoms with Crippen LogP contribution >= 0.6 is 11.6 Å². The van der Waals surface area contributed by atoms with Gasteiger partial charge >= 0.3 is 0 Å². The Balaban J connectivity index is 1.74. The molecule has 2 amide bonds. The fourth-order valence-electron chi connectivity index (χ4n) is 2.97. The number of hydrogen-bond donors (Lipinski definition) is 0. The first-order valence-electron chi connectivity index (χ1n) is 7.93. The van der Waals surface area contributed by atoms with E-state index < -0.39 is 0 Å². The number of benzene rings is 2. The van der Waals surface area contributed by atoms with E-state index in [1.165, 1.54) is 23.0 Å². The highest BCUT2D eigenvalue weighted by atomic mass is 35.5. The maximum absolute atomic E-state index is 12.7. The van der Waals surface area contributed by atoms with Crippen LogP contribution in [0.3, 0.4) is 0 Å². The van der Waals surface area contributed by atoms with Gasteiger partial charge in [0.25, 0.3) is 0 Å². The van der Waals surface area contributed by atoms with Crippen molar-refractivity contribution in [2.45, 2.75) is 19.9 Å². The molecule has 0 aliphatic carbocycles. The van der Waals surface area contributed by atoms with E-state index in [4.69, 9.17) is 11.6 Å². The van der Waals surface area contributed by atoms with Crippen LogP contribution in [0.1, 0.15) is 18.1 Å². The lowest BCUT2D eigenvalue weighted by atomic mass is 10.00. The zero-order valence-electron chi connectivity index (χ0n) is 13.5. The number of carbonyl (C=O) groups is 2. The second-order valence-corrected chi connectivity index (χ2v) is 6.36. The van der Waals surface area contributed by atoms with Gasteiger partial charge in [0.1, 0.15) is 6.54 Å². The van der Waals surface area contributed by atoms with Gasteiger partial charge in [-0.15, -0.1) is 0 Å². The van der Waals surface area contributed by atoms with Crippen LogP contribution in [0.5, 0.6) is 0 Å². The van der Waals surface area contributed by atoms with Gasteiger partial charge in [-0.05, 0) is 35.7 Å². The Morgan fingerprint density at radius 1 is 1.12 bits per heavy atom. The third kappa shape index (κ3) is 3.60. The van der Waals surface area contributed by atoms with Crippen LogP contribution in [0.4, 0.5) is 5.69 Å². The average Bonchev–Trinajstić information content (AvgIpc) is 2.58. The van der Waals surface area contributed by atoms with E-state index in [0.717, 1.165) is 6.42 Å². The summed E-state index contributed by atoms with van der Waals surface area (Å²) in [6, 6.07) is 15.2. The van der Waals surface area contributed by atoms with E-state index in [1.54, 1.807) is 24.3 Å². The minimum Gasteiger partial charge on any atom is -0.336 e. The summed E-state index contributed by atoms with van der Waals surface area (Å²) in [5, 5.41) is 0.540. The predicted molar refractivity (Wildman–Crippen MR) is 95.0 cm³/mol. The van der Waals surface area contributed by atoms with Crippen LogP contribution in [0.2, 0.25) is 5.02 Å². The number of carbonyl (C=O) groups excluding carboxylic acids is 2. The standard InChI is InChI=1S/C19H19ClN2O2/c1-14(23)22(18-8-4-7-17(20)11-18)13-19(24)21-10-9-15-5-2-3-6-16(15)12-21/h2-8,11H,9-10,12-13H2,1H3. The highest BCUT2D eigenvalue weighted by Gasteiger charge is 2.24. The number of halogens is 1. The molecule has 0 radical (unpaired) electrons. The molecule has 0 bridgehead atoms. The lowest BCUT2D eigenvalue weighted by Gasteiger charge is -2.31. The molecule has 2 aromatic rings. The Morgan fingerprint density at radius 2 is 1.88 bits per heavy atom. The largest absolute Gasteiger partial charge is 0.336 e. The quantitative estimate of drug-likeness (QED) is 0.859. The third-order valence-corrected chi connectivity index (χ3v) is 4.51. The van der Waals surface area contributed by atoms with Crippen molar-refractivity contribution in [2.24, 2.45) is 0 Å². The Labute approximate surface area is 146 Å². The summed E-state index contributed by atoms with van der Waals surface area (Å²) in [6.45, 7) is 2.75. The van der Waals surface area contributed by atoms with Crippen LogP contribution in [0.25, 0.3) is 0 Å². The van der Waals surface area contributed by atoms with Crippen molar-refractivity contribution in [1.82, 2.24) is 4.90 Å². The van der Waals surface area contributed by atoms with Crippen molar-refractivity contribution in [3.63, 3.8) is 0 Å². The lowest BCUT2D eigenvalue weighted by molar-refractivity contribution is -0.132. The van der Waals surface area contributed by atoms with Gasteiger partial charge < -0.3 is 9.80 Å². The molecule has 1 heterocycles. The molecule has 0 atom stereocenters. The number of fused-ring (bicyclic) bond motifs is 1. The van der Waals surface area contributed by atoms with Crippen molar-refractivity contribution in [1.29, 1.82) is 0 Å². The maximum Gasteiger partial charge on any atom is 0.242 e. The zero-order valence-corrected chi connectivity index (χ0v) is 14.3. The first-order valence-corrected chi connectivity index (χ1v) is 8.30. The topological polar surface area (TPSA) is 40.6 Å². The summed E-state index contributed by atoms with van der Waals surface area (Å²) in [4.78, 5) is 27.9. The first-order chi connectivity index (χ1) is 11.5. The predicted octanol–water partition coefficient (Wildman–Crippen LogP) is 3.28. The van der Waals surface area contributed by atoms with Gasteiger partial charge in [0.2, 0.25) is 11.8 Å². The molecule has 0 saturated heterocycles. The molecular formula is C19H19ClN2O2. The fourth-order valence-corrected chi connectivity index (χ4v) is 3.16. The second kappa shape index (κ2) is 7.05. The fraction of sp³-hybridized carbons (Fsp3) is 0.263. The molecule has 0 saturated carbocycles. The molecule has 2 aromatic carbocycles. The van der Waals surface area contributed by atoms with Crippen molar-refractivity contribution in [3.8, 4) is 0 Å². The zero-order chi connectivity index (χ0) is 17.1. The van der Waals surface area contributed by atoms with Crippen LogP contribution < -0.4 is 4.90 Å². The molecule has 1 aliphatic heterocycles. The molecule has 0 unspecified atom stereocenters. The summed E-state index contributed by atoms with van der Waals surface area (Å²) in [5.41, 5.74) is 3.11. The molecule has 24 heavy (non-hydrogen) atoms. The number of nitrogens with zero attached hydrogens (tertiary/aromatic N) is 2. The smallest absolute Gasteiger partial charge is 0.242 e. The van der Waals surface area contributed by atoms with E-state index in [0.29, 0.717) is 23.8 Å². The van der Waals surface area contributed by atoms with E-state index >= 15 is 0 Å². The van der Waals surface area contributed by atoms with Gasteiger partial charge in [0.05, 0.1) is 0 Å². The lowest BCUT2D eigenvalue weighted by Crippen LogP contribution is -2.44. The molecule has 0 spiro atoms. The van der Waals surface area contributed by atoms with Gasteiger partial charge in [-0.25, -0.2) is 0 Å². The van der Waals surface area contributed by atoms with Crippen LogP contribution in [0, 0.1) is 0 Å². The van der Waals surface area contributed by atoms with Gasteiger partial charge in [-0.3, -0.25) is 9.59 Å².